The molecule has 0 fully saturated rings. The van der Waals surface area contributed by atoms with Crippen LogP contribution in [0.5, 0.6) is 0 Å². The Labute approximate surface area is 198 Å². The van der Waals surface area contributed by atoms with E-state index in [4.69, 9.17) is 0 Å². The molecule has 0 saturated carbocycles. The quantitative estimate of drug-likeness (QED) is 0.288. The van der Waals surface area contributed by atoms with Crippen LogP contribution < -0.4 is 0 Å². The lowest BCUT2D eigenvalue weighted by Gasteiger charge is -2.24. The smallest absolute Gasteiger partial charge is 0.305 e. The maximum Gasteiger partial charge on any atom is 0.305 e. The number of aryl methyl sites for hydroxylation is 1. The van der Waals surface area contributed by atoms with Crippen LogP contribution in [0.3, 0.4) is 0 Å². The molecule has 4 rings (SSSR count). The topological polar surface area (TPSA) is 93.6 Å². The van der Waals surface area contributed by atoms with Gasteiger partial charge >= 0.3 is 5.97 Å². The van der Waals surface area contributed by atoms with Crippen LogP contribution in [-0.4, -0.2) is 43.2 Å². The molecule has 8 heteroatoms. The maximum absolute atomic E-state index is 14.0. The number of nitrogens with zero attached hydrogens (tertiary/aromatic N) is 2. The maximum atomic E-state index is 14.0. The van der Waals surface area contributed by atoms with Gasteiger partial charge in [0.25, 0.3) is 15.9 Å². The summed E-state index contributed by atoms with van der Waals surface area (Å²) in [6.07, 6.45) is 0.117. The molecule has 3 aromatic carbocycles. The third kappa shape index (κ3) is 4.49. The first-order valence-corrected chi connectivity index (χ1v) is 12.2. The van der Waals surface area contributed by atoms with Crippen molar-refractivity contribution in [1.29, 1.82) is 0 Å². The molecule has 0 atom stereocenters. The lowest BCUT2D eigenvalue weighted by atomic mass is 10.0. The van der Waals surface area contributed by atoms with Gasteiger partial charge in [0.15, 0.2) is 0 Å². The second-order valence-corrected chi connectivity index (χ2v) is 9.76. The summed E-state index contributed by atoms with van der Waals surface area (Å²) in [6, 6.07) is 20.6. The summed E-state index contributed by atoms with van der Waals surface area (Å²) in [6.45, 7) is 1.68. The van der Waals surface area contributed by atoms with Crippen molar-refractivity contribution in [3.63, 3.8) is 0 Å². The van der Waals surface area contributed by atoms with Crippen molar-refractivity contribution in [3.8, 4) is 0 Å². The van der Waals surface area contributed by atoms with Crippen molar-refractivity contribution in [2.24, 2.45) is 0 Å². The van der Waals surface area contributed by atoms with E-state index in [1.807, 2.05) is 19.1 Å². The minimum atomic E-state index is -4.20. The van der Waals surface area contributed by atoms with Gasteiger partial charge in [-0.1, -0.05) is 54.1 Å². The number of pyridine rings is 1. The third-order valence-corrected chi connectivity index (χ3v) is 7.40. The number of esters is 1. The zero-order valence-corrected chi connectivity index (χ0v) is 19.7. The van der Waals surface area contributed by atoms with Crippen LogP contribution in [0.1, 0.15) is 28.8 Å². The van der Waals surface area contributed by atoms with Crippen molar-refractivity contribution >= 4 is 43.7 Å². The Bertz CT molecular complexity index is 1430. The first-order valence-electron chi connectivity index (χ1n) is 10.8. The first-order chi connectivity index (χ1) is 16.3. The fourth-order valence-corrected chi connectivity index (χ4v) is 5.25. The Morgan fingerprint density at radius 3 is 2.00 bits per heavy atom. The molecule has 0 aliphatic heterocycles. The number of hydrogen-bond acceptors (Lipinski definition) is 6. The Balaban J connectivity index is 1.87. The van der Waals surface area contributed by atoms with Gasteiger partial charge in [-0.25, -0.2) is 17.7 Å². The number of para-hydroxylation sites is 2. The predicted molar refractivity (Wildman–Crippen MR) is 130 cm³/mol. The van der Waals surface area contributed by atoms with E-state index in [9.17, 15) is 18.0 Å². The van der Waals surface area contributed by atoms with Gasteiger partial charge in [-0.3, -0.25) is 9.59 Å². The lowest BCUT2D eigenvalue weighted by molar-refractivity contribution is -0.140. The number of amides is 1. The number of benzene rings is 3. The van der Waals surface area contributed by atoms with Gasteiger partial charge in [0.05, 0.1) is 28.6 Å². The third-order valence-electron chi connectivity index (χ3n) is 5.61. The number of aromatic nitrogens is 1. The largest absolute Gasteiger partial charge is 0.469 e. The SMILES string of the molecule is COC(=O)CCCN(C(=O)c1c2ccccc2nc2ccccc12)S(=O)(=O)c1ccc(C)cc1. The van der Waals surface area contributed by atoms with Crippen LogP contribution in [0.4, 0.5) is 0 Å². The molecule has 1 aromatic heterocycles. The molecule has 0 aliphatic carbocycles. The lowest BCUT2D eigenvalue weighted by Crippen LogP contribution is -2.38. The summed E-state index contributed by atoms with van der Waals surface area (Å²) in [5.74, 6) is -1.14. The molecule has 174 valence electrons. The molecule has 1 heterocycles. The minimum Gasteiger partial charge on any atom is -0.469 e. The average Bonchev–Trinajstić information content (AvgIpc) is 2.84. The highest BCUT2D eigenvalue weighted by Crippen LogP contribution is 2.29. The molecule has 0 aliphatic rings. The second-order valence-electron chi connectivity index (χ2n) is 7.90. The monoisotopic (exact) mass is 476 g/mol. The Morgan fingerprint density at radius 1 is 0.882 bits per heavy atom. The van der Waals surface area contributed by atoms with E-state index >= 15 is 0 Å². The van der Waals surface area contributed by atoms with Crippen molar-refractivity contribution in [2.75, 3.05) is 13.7 Å². The Kier molecular flexibility index (Phi) is 6.61. The molecule has 7 nitrogen and oxygen atoms in total. The standard InChI is InChI=1S/C26H24N2O5S/c1-18-13-15-19(16-14-18)34(31,32)28(17-7-12-24(29)33-2)26(30)25-20-8-3-5-10-22(20)27-23-11-6-4-9-21(23)25/h3-6,8-11,13-16H,7,12,17H2,1-2H3. The number of ether oxygens (including phenoxy) is 1. The van der Waals surface area contributed by atoms with Gasteiger partial charge in [-0.15, -0.1) is 0 Å². The normalized spacial score (nSPS) is 11.5. The molecule has 0 N–H and O–H groups in total. The Morgan fingerprint density at radius 2 is 1.44 bits per heavy atom. The highest BCUT2D eigenvalue weighted by Gasteiger charge is 2.32. The van der Waals surface area contributed by atoms with Gasteiger partial charge < -0.3 is 4.74 Å². The zero-order chi connectivity index (χ0) is 24.3. The van der Waals surface area contributed by atoms with Crippen LogP contribution in [0.2, 0.25) is 0 Å². The van der Waals surface area contributed by atoms with Crippen LogP contribution >= 0.6 is 0 Å². The summed E-state index contributed by atoms with van der Waals surface area (Å²) < 4.78 is 32.8. The van der Waals surface area contributed by atoms with Gasteiger partial charge in [0, 0.05) is 23.7 Å². The molecule has 34 heavy (non-hydrogen) atoms. The molecular formula is C26H24N2O5S. The number of hydrogen-bond donors (Lipinski definition) is 0. The average molecular weight is 477 g/mol. The van der Waals surface area contributed by atoms with Gasteiger partial charge in [0.2, 0.25) is 0 Å². The summed E-state index contributed by atoms with van der Waals surface area (Å²) in [7, 11) is -2.93. The van der Waals surface area contributed by atoms with Crippen LogP contribution in [0.25, 0.3) is 21.8 Å². The van der Waals surface area contributed by atoms with E-state index < -0.39 is 21.9 Å². The predicted octanol–water partition coefficient (Wildman–Crippen LogP) is 4.48. The highest BCUT2D eigenvalue weighted by atomic mass is 32.2. The van der Waals surface area contributed by atoms with E-state index in [0.29, 0.717) is 21.8 Å². The van der Waals surface area contributed by atoms with E-state index in [1.54, 1.807) is 48.5 Å². The van der Waals surface area contributed by atoms with Crippen LogP contribution in [-0.2, 0) is 19.6 Å². The first kappa shape index (κ1) is 23.4. The Hall–Kier alpha value is -3.78. The van der Waals surface area contributed by atoms with E-state index in [-0.39, 0.29) is 29.8 Å². The summed E-state index contributed by atoms with van der Waals surface area (Å²) >= 11 is 0. The van der Waals surface area contributed by atoms with Crippen molar-refractivity contribution in [2.45, 2.75) is 24.7 Å². The summed E-state index contributed by atoms with van der Waals surface area (Å²) in [5, 5.41) is 1.12. The molecule has 0 bridgehead atoms. The number of carbonyl (C=O) groups is 2. The molecule has 0 unspecified atom stereocenters. The number of sulfonamides is 1. The number of fused-ring (bicyclic) bond motifs is 2. The second kappa shape index (κ2) is 9.61. The van der Waals surface area contributed by atoms with Gasteiger partial charge in [-0.05, 0) is 37.6 Å². The van der Waals surface area contributed by atoms with Gasteiger partial charge in [0.1, 0.15) is 0 Å². The number of carbonyl (C=O) groups excluding carboxylic acids is 2. The molecule has 0 saturated heterocycles. The molecular weight excluding hydrogens is 452 g/mol. The van der Waals surface area contributed by atoms with Crippen molar-refractivity contribution < 1.29 is 22.7 Å². The number of rotatable bonds is 7. The summed E-state index contributed by atoms with van der Waals surface area (Å²) in [4.78, 5) is 30.3. The van der Waals surface area contributed by atoms with E-state index in [0.717, 1.165) is 9.87 Å². The van der Waals surface area contributed by atoms with Gasteiger partial charge in [-0.2, -0.15) is 0 Å². The molecule has 1 amide bonds. The summed E-state index contributed by atoms with van der Waals surface area (Å²) in [5.41, 5.74) is 2.34. The molecule has 0 spiro atoms. The fourth-order valence-electron chi connectivity index (χ4n) is 3.83. The van der Waals surface area contributed by atoms with Crippen molar-refractivity contribution in [3.05, 3.63) is 83.9 Å². The minimum absolute atomic E-state index is 0.00665. The van der Waals surface area contributed by atoms with E-state index in [2.05, 4.69) is 9.72 Å². The van der Waals surface area contributed by atoms with E-state index in [1.165, 1.54) is 19.2 Å². The highest BCUT2D eigenvalue weighted by molar-refractivity contribution is 7.89. The molecule has 0 radical (unpaired) electrons. The van der Waals surface area contributed by atoms with Crippen molar-refractivity contribution in [1.82, 2.24) is 9.29 Å². The zero-order valence-electron chi connectivity index (χ0n) is 18.9. The fraction of sp³-hybridized carbons (Fsp3) is 0.192. The van der Waals surface area contributed by atoms with Crippen LogP contribution in [0, 0.1) is 6.92 Å². The van der Waals surface area contributed by atoms with Crippen LogP contribution in [0.15, 0.2) is 77.7 Å². The number of methoxy groups -OCH3 is 1. The molecule has 4 aromatic rings.